The van der Waals surface area contributed by atoms with Crippen LogP contribution in [0.3, 0.4) is 0 Å². The van der Waals surface area contributed by atoms with E-state index in [9.17, 15) is 27.9 Å². The fourth-order valence-corrected chi connectivity index (χ4v) is 4.94. The molecule has 9 heteroatoms. The molecule has 0 radical (unpaired) electrons. The molecule has 1 heterocycles. The van der Waals surface area contributed by atoms with Gasteiger partial charge in [0.2, 0.25) is 0 Å². The Kier molecular flexibility index (Phi) is 8.16. The van der Waals surface area contributed by atoms with E-state index in [1.54, 1.807) is 19.1 Å². The molecule has 0 aliphatic rings. The highest BCUT2D eigenvalue weighted by molar-refractivity contribution is 9.10. The van der Waals surface area contributed by atoms with Crippen LogP contribution in [0.5, 0.6) is 0 Å². The molecule has 3 aromatic carbocycles. The van der Waals surface area contributed by atoms with E-state index in [4.69, 9.17) is 4.98 Å². The molecule has 196 valence electrons. The second-order valence-electron chi connectivity index (χ2n) is 8.91. The van der Waals surface area contributed by atoms with Gasteiger partial charge in [-0.05, 0) is 48.7 Å². The maximum Gasteiger partial charge on any atom is 0.416 e. The van der Waals surface area contributed by atoms with Crippen LogP contribution in [0.2, 0.25) is 0 Å². The first-order chi connectivity index (χ1) is 18.1. The number of pyridine rings is 1. The van der Waals surface area contributed by atoms with Crippen molar-refractivity contribution in [3.05, 3.63) is 99.5 Å². The summed E-state index contributed by atoms with van der Waals surface area (Å²) in [5.74, 6) is -2.46. The Morgan fingerprint density at radius 2 is 1.71 bits per heavy atom. The quantitative estimate of drug-likeness (QED) is 0.226. The van der Waals surface area contributed by atoms with Gasteiger partial charge < -0.3 is 10.4 Å². The number of alkyl halides is 3. The lowest BCUT2D eigenvalue weighted by atomic mass is 9.89. The Morgan fingerprint density at radius 1 is 1.03 bits per heavy atom. The molecule has 1 atom stereocenters. The lowest BCUT2D eigenvalue weighted by molar-refractivity contribution is -0.138. The lowest BCUT2D eigenvalue weighted by Gasteiger charge is -2.22. The molecule has 1 aromatic heterocycles. The van der Waals surface area contributed by atoms with Gasteiger partial charge in [0.25, 0.3) is 5.91 Å². The maximum atomic E-state index is 13.7. The van der Waals surface area contributed by atoms with Crippen molar-refractivity contribution in [1.29, 1.82) is 0 Å². The van der Waals surface area contributed by atoms with Crippen LogP contribution in [-0.2, 0) is 11.0 Å². The number of carbonyl (C=O) groups excluding carboxylic acids is 1. The summed E-state index contributed by atoms with van der Waals surface area (Å²) >= 11 is 3.44. The number of rotatable bonds is 8. The van der Waals surface area contributed by atoms with Gasteiger partial charge in [-0.15, -0.1) is 0 Å². The van der Waals surface area contributed by atoms with E-state index in [1.807, 2.05) is 36.4 Å². The Morgan fingerprint density at radius 3 is 2.39 bits per heavy atom. The Balaban J connectivity index is 1.74. The fourth-order valence-electron chi connectivity index (χ4n) is 4.58. The van der Waals surface area contributed by atoms with Crippen LogP contribution < -0.4 is 5.32 Å². The van der Waals surface area contributed by atoms with E-state index >= 15 is 0 Å². The van der Waals surface area contributed by atoms with Gasteiger partial charge >= 0.3 is 12.1 Å². The molecular weight excluding hydrogens is 561 g/mol. The standard InChI is InChI=1S/C29H24BrF3N2O3/c1-17-26(22-15-20(30)12-13-24(22)35-27(17)18-7-3-2-4-8-18)28(38)34-16-19(11-14-25(36)37)21-9-5-6-10-23(21)29(31,32)33/h2-10,12-13,15,19H,11,14,16H2,1H3,(H,34,38)(H,36,37). The summed E-state index contributed by atoms with van der Waals surface area (Å²) in [7, 11) is 0. The number of carbonyl (C=O) groups is 2. The lowest BCUT2D eigenvalue weighted by Crippen LogP contribution is -2.30. The zero-order chi connectivity index (χ0) is 27.4. The zero-order valence-electron chi connectivity index (χ0n) is 20.3. The monoisotopic (exact) mass is 584 g/mol. The summed E-state index contributed by atoms with van der Waals surface area (Å²) in [6, 6.07) is 19.8. The third kappa shape index (κ3) is 6.05. The number of hydrogen-bond donors (Lipinski definition) is 2. The number of carboxylic acids is 1. The molecule has 0 aliphatic heterocycles. The smallest absolute Gasteiger partial charge is 0.416 e. The van der Waals surface area contributed by atoms with Crippen molar-refractivity contribution in [3.63, 3.8) is 0 Å². The van der Waals surface area contributed by atoms with Gasteiger partial charge in [-0.3, -0.25) is 9.59 Å². The first-order valence-electron chi connectivity index (χ1n) is 11.9. The average molecular weight is 585 g/mol. The first-order valence-corrected chi connectivity index (χ1v) is 12.7. The number of aliphatic carboxylic acids is 1. The third-order valence-electron chi connectivity index (χ3n) is 6.39. The SMILES string of the molecule is Cc1c(-c2ccccc2)nc2ccc(Br)cc2c1C(=O)NCC(CCC(=O)O)c1ccccc1C(F)(F)F. The van der Waals surface area contributed by atoms with Gasteiger partial charge in [0.05, 0.1) is 22.3 Å². The molecule has 38 heavy (non-hydrogen) atoms. The Bertz CT molecular complexity index is 1490. The minimum absolute atomic E-state index is 0.0504. The van der Waals surface area contributed by atoms with Crippen LogP contribution in [0.1, 0.15) is 45.8 Å². The van der Waals surface area contributed by atoms with Crippen molar-refractivity contribution < 1.29 is 27.9 Å². The topological polar surface area (TPSA) is 79.3 Å². The van der Waals surface area contributed by atoms with Crippen LogP contribution >= 0.6 is 15.9 Å². The maximum absolute atomic E-state index is 13.7. The minimum Gasteiger partial charge on any atom is -0.481 e. The van der Waals surface area contributed by atoms with Crippen molar-refractivity contribution in [3.8, 4) is 11.3 Å². The number of benzene rings is 3. The predicted octanol–water partition coefficient (Wildman–Crippen LogP) is 7.37. The van der Waals surface area contributed by atoms with Gasteiger partial charge in [0, 0.05) is 34.3 Å². The molecule has 1 amide bonds. The Labute approximate surface area is 225 Å². The highest BCUT2D eigenvalue weighted by Crippen LogP contribution is 2.37. The van der Waals surface area contributed by atoms with E-state index in [0.29, 0.717) is 27.7 Å². The zero-order valence-corrected chi connectivity index (χ0v) is 21.9. The molecule has 0 aliphatic carbocycles. The largest absolute Gasteiger partial charge is 0.481 e. The summed E-state index contributed by atoms with van der Waals surface area (Å²) < 4.78 is 41.9. The number of fused-ring (bicyclic) bond motifs is 1. The average Bonchev–Trinajstić information content (AvgIpc) is 2.88. The number of halogens is 4. The van der Waals surface area contributed by atoms with E-state index in [2.05, 4.69) is 21.2 Å². The number of hydrogen-bond acceptors (Lipinski definition) is 3. The fraction of sp³-hybridized carbons (Fsp3) is 0.207. The number of amides is 1. The van der Waals surface area contributed by atoms with Gasteiger partial charge in [0.1, 0.15) is 0 Å². The molecule has 0 bridgehead atoms. The van der Waals surface area contributed by atoms with Crippen LogP contribution in [0.25, 0.3) is 22.2 Å². The van der Waals surface area contributed by atoms with Crippen molar-refractivity contribution in [1.82, 2.24) is 10.3 Å². The highest BCUT2D eigenvalue weighted by atomic mass is 79.9. The van der Waals surface area contributed by atoms with Gasteiger partial charge in [-0.1, -0.05) is 64.5 Å². The van der Waals surface area contributed by atoms with Crippen LogP contribution in [-0.4, -0.2) is 28.5 Å². The van der Waals surface area contributed by atoms with Crippen LogP contribution in [0.15, 0.2) is 77.3 Å². The predicted molar refractivity (Wildman–Crippen MR) is 143 cm³/mol. The normalized spacial score (nSPS) is 12.3. The van der Waals surface area contributed by atoms with Crippen molar-refractivity contribution in [2.24, 2.45) is 0 Å². The van der Waals surface area contributed by atoms with E-state index in [-0.39, 0.29) is 24.9 Å². The highest BCUT2D eigenvalue weighted by Gasteiger charge is 2.35. The third-order valence-corrected chi connectivity index (χ3v) is 6.88. The molecule has 5 nitrogen and oxygen atoms in total. The van der Waals surface area contributed by atoms with Gasteiger partial charge in [-0.2, -0.15) is 13.2 Å². The Hall–Kier alpha value is -3.72. The molecule has 0 saturated heterocycles. The van der Waals surface area contributed by atoms with Crippen LogP contribution in [0.4, 0.5) is 13.2 Å². The van der Waals surface area contributed by atoms with E-state index < -0.39 is 29.5 Å². The summed E-state index contributed by atoms with van der Waals surface area (Å²) in [4.78, 5) is 29.7. The van der Waals surface area contributed by atoms with Crippen molar-refractivity contribution in [2.45, 2.75) is 31.9 Å². The molecule has 0 spiro atoms. The molecule has 0 saturated carbocycles. The van der Waals surface area contributed by atoms with E-state index in [1.165, 1.54) is 18.2 Å². The second kappa shape index (κ2) is 11.3. The molecule has 2 N–H and O–H groups in total. The number of nitrogens with zero attached hydrogens (tertiary/aromatic N) is 1. The second-order valence-corrected chi connectivity index (χ2v) is 9.83. The summed E-state index contributed by atoms with van der Waals surface area (Å²) in [6.07, 6.45) is -5.02. The molecule has 0 fully saturated rings. The van der Waals surface area contributed by atoms with E-state index in [0.717, 1.165) is 16.1 Å². The van der Waals surface area contributed by atoms with Gasteiger partial charge in [0.15, 0.2) is 0 Å². The first kappa shape index (κ1) is 27.3. The number of carboxylic acid groups (broad SMARTS) is 1. The summed E-state index contributed by atoms with van der Waals surface area (Å²) in [6.45, 7) is 1.61. The molecule has 4 aromatic rings. The summed E-state index contributed by atoms with van der Waals surface area (Å²) in [5, 5.41) is 12.6. The summed E-state index contributed by atoms with van der Waals surface area (Å²) in [5.41, 5.74) is 2.12. The van der Waals surface area contributed by atoms with Crippen molar-refractivity contribution >= 4 is 38.7 Å². The minimum atomic E-state index is -4.61. The molecule has 4 rings (SSSR count). The van der Waals surface area contributed by atoms with Gasteiger partial charge in [-0.25, -0.2) is 4.98 Å². The number of aromatic nitrogens is 1. The van der Waals surface area contributed by atoms with Crippen molar-refractivity contribution in [2.75, 3.05) is 6.54 Å². The molecule has 1 unspecified atom stereocenters. The number of nitrogens with one attached hydrogen (secondary N) is 1. The van der Waals surface area contributed by atoms with Crippen LogP contribution in [0, 0.1) is 6.92 Å². The molecular formula is C29H24BrF3N2O3.